The summed E-state index contributed by atoms with van der Waals surface area (Å²) >= 11 is 0. The molecular weight excluding hydrogens is 324 g/mol. The summed E-state index contributed by atoms with van der Waals surface area (Å²) < 4.78 is 5.15. The van der Waals surface area contributed by atoms with E-state index in [1.165, 1.54) is 37.8 Å². The van der Waals surface area contributed by atoms with Crippen molar-refractivity contribution in [1.29, 1.82) is 0 Å². The van der Waals surface area contributed by atoms with Crippen LogP contribution in [0.5, 0.6) is 0 Å². The van der Waals surface area contributed by atoms with Gasteiger partial charge in [0.1, 0.15) is 6.10 Å². The van der Waals surface area contributed by atoms with Crippen molar-refractivity contribution in [1.82, 2.24) is 5.32 Å². The van der Waals surface area contributed by atoms with E-state index in [1.54, 1.807) is 5.57 Å². The van der Waals surface area contributed by atoms with Gasteiger partial charge in [-0.05, 0) is 38.2 Å². The number of amides is 1. The van der Waals surface area contributed by atoms with Crippen LogP contribution in [0.4, 0.5) is 4.79 Å². The number of rotatable bonds is 1. The van der Waals surface area contributed by atoms with Crippen LogP contribution in [0.1, 0.15) is 57.8 Å². The molecule has 1 amide bonds. The number of hydrogen-bond acceptors (Lipinski definition) is 3. The highest BCUT2D eigenvalue weighted by atomic mass is 16.6. The Balaban J connectivity index is 1.91. The summed E-state index contributed by atoms with van der Waals surface area (Å²) in [5.41, 5.74) is 8.07. The number of carbonyl (C=O) groups is 1. The lowest BCUT2D eigenvalue weighted by Crippen LogP contribution is -2.20. The summed E-state index contributed by atoms with van der Waals surface area (Å²) in [7, 11) is 0. The molecule has 0 saturated carbocycles. The smallest absolute Gasteiger partial charge is 0.405 e. The number of ether oxygens (including phenoxy) is 1. The zero-order valence-electron chi connectivity index (χ0n) is 15.7. The molecule has 1 aliphatic carbocycles. The average molecular weight is 357 g/mol. The molecule has 1 atom stereocenters. The Labute approximate surface area is 157 Å². The molecule has 4 nitrogen and oxygen atoms in total. The number of fused-ring (bicyclic) bond motifs is 2. The lowest BCUT2D eigenvalue weighted by Gasteiger charge is -2.16. The van der Waals surface area contributed by atoms with Crippen LogP contribution in [0.3, 0.4) is 0 Å². The quantitative estimate of drug-likeness (QED) is 0.646. The number of primary amides is 1. The molecule has 2 rings (SSSR count). The third-order valence-corrected chi connectivity index (χ3v) is 4.62. The predicted molar refractivity (Wildman–Crippen MR) is 108 cm³/mol. The first-order valence-corrected chi connectivity index (χ1v) is 9.79. The normalized spacial score (nSPS) is 22.8. The van der Waals surface area contributed by atoms with E-state index in [4.69, 9.17) is 10.5 Å². The van der Waals surface area contributed by atoms with E-state index >= 15 is 0 Å². The molecule has 0 radical (unpaired) electrons. The van der Waals surface area contributed by atoms with Gasteiger partial charge in [0.15, 0.2) is 0 Å². The Kier molecular flexibility index (Phi) is 9.41. The number of allylic oxidation sites excluding steroid dienone is 6. The molecule has 0 aromatic rings. The van der Waals surface area contributed by atoms with Crippen molar-refractivity contribution in [3.63, 3.8) is 0 Å². The van der Waals surface area contributed by atoms with Crippen molar-refractivity contribution in [3.8, 4) is 0 Å². The van der Waals surface area contributed by atoms with Gasteiger partial charge >= 0.3 is 6.09 Å². The third-order valence-electron chi connectivity index (χ3n) is 4.62. The second-order valence-corrected chi connectivity index (χ2v) is 6.83. The van der Waals surface area contributed by atoms with Gasteiger partial charge in [-0.3, -0.25) is 0 Å². The van der Waals surface area contributed by atoms with Gasteiger partial charge in [-0.15, -0.1) is 0 Å². The molecule has 0 fully saturated rings. The van der Waals surface area contributed by atoms with Crippen LogP contribution < -0.4 is 11.1 Å². The molecule has 26 heavy (non-hydrogen) atoms. The van der Waals surface area contributed by atoms with Gasteiger partial charge in [0.05, 0.1) is 0 Å². The van der Waals surface area contributed by atoms with Gasteiger partial charge < -0.3 is 15.8 Å². The molecule has 4 heteroatoms. The number of nitrogens with two attached hydrogens (primary N) is 1. The Morgan fingerprint density at radius 1 is 1.08 bits per heavy atom. The molecule has 0 aromatic carbocycles. The van der Waals surface area contributed by atoms with E-state index in [9.17, 15) is 4.79 Å². The van der Waals surface area contributed by atoms with Crippen LogP contribution in [0.25, 0.3) is 0 Å². The largest absolute Gasteiger partial charge is 0.442 e. The summed E-state index contributed by atoms with van der Waals surface area (Å²) in [5, 5.41) is 3.50. The van der Waals surface area contributed by atoms with Crippen molar-refractivity contribution >= 4 is 6.09 Å². The van der Waals surface area contributed by atoms with Gasteiger partial charge in [0.2, 0.25) is 0 Å². The van der Waals surface area contributed by atoms with Crippen molar-refractivity contribution in [3.05, 3.63) is 59.9 Å². The van der Waals surface area contributed by atoms with Crippen molar-refractivity contribution < 1.29 is 9.53 Å². The lowest BCUT2D eigenvalue weighted by atomic mass is 9.97. The van der Waals surface area contributed by atoms with E-state index < -0.39 is 6.09 Å². The van der Waals surface area contributed by atoms with Crippen LogP contribution >= 0.6 is 0 Å². The topological polar surface area (TPSA) is 64.4 Å². The maximum atomic E-state index is 11.0. The summed E-state index contributed by atoms with van der Waals surface area (Å²) in [4.78, 5) is 11.0. The molecule has 2 bridgehead atoms. The van der Waals surface area contributed by atoms with E-state index in [2.05, 4.69) is 29.6 Å². The monoisotopic (exact) mass is 356 g/mol. The second-order valence-electron chi connectivity index (χ2n) is 6.83. The fourth-order valence-electron chi connectivity index (χ4n) is 3.24. The molecule has 0 aromatic heterocycles. The van der Waals surface area contributed by atoms with Crippen LogP contribution in [-0.2, 0) is 4.74 Å². The zero-order valence-corrected chi connectivity index (χ0v) is 15.7. The number of hydrogen-bond donors (Lipinski definition) is 2. The van der Waals surface area contributed by atoms with Crippen molar-refractivity contribution in [2.75, 3.05) is 6.54 Å². The highest BCUT2D eigenvalue weighted by molar-refractivity contribution is 5.65. The fourth-order valence-corrected chi connectivity index (χ4v) is 3.24. The first-order chi connectivity index (χ1) is 12.7. The van der Waals surface area contributed by atoms with E-state index in [1.807, 2.05) is 24.3 Å². The molecule has 0 saturated heterocycles. The van der Waals surface area contributed by atoms with Gasteiger partial charge in [-0.25, -0.2) is 4.79 Å². The first kappa shape index (κ1) is 20.1. The Morgan fingerprint density at radius 2 is 1.92 bits per heavy atom. The molecule has 142 valence electrons. The molecule has 1 unspecified atom stereocenters. The summed E-state index contributed by atoms with van der Waals surface area (Å²) in [6.45, 7) is 0.824. The van der Waals surface area contributed by atoms with E-state index in [-0.39, 0.29) is 6.10 Å². The van der Waals surface area contributed by atoms with Crippen LogP contribution in [0.15, 0.2) is 59.9 Å². The number of nitrogens with one attached hydrogen (secondary N) is 1. The molecule has 3 N–H and O–H groups in total. The molecule has 1 aliphatic heterocycles. The minimum Gasteiger partial charge on any atom is -0.442 e. The lowest BCUT2D eigenvalue weighted by molar-refractivity contribution is 0.130. The predicted octanol–water partition coefficient (Wildman–Crippen LogP) is 5.06. The SMILES string of the molecule is NC(=O)OC1C=CCCCCCCC2=CCC=C(C2)NCC=CC=CC1. The Morgan fingerprint density at radius 3 is 2.81 bits per heavy atom. The second kappa shape index (κ2) is 12.2. The maximum Gasteiger partial charge on any atom is 0.405 e. The minimum atomic E-state index is -0.722. The Bertz CT molecular complexity index is 585. The third kappa shape index (κ3) is 8.75. The van der Waals surface area contributed by atoms with E-state index in [0.717, 1.165) is 25.8 Å². The fraction of sp³-hybridized carbons (Fsp3) is 0.500. The number of carbonyl (C=O) groups excluding carboxylic acids is 1. The standard InChI is InChI=1S/C22H32N2O2/c23-22(25)26-21-15-8-4-2-1-3-7-12-19-13-11-14-20(18-19)24-17-10-6-5-9-16-21/h5-6,8-10,13-15,21,24H,1-4,7,11-12,16-18H2,(H2,23,25). The van der Waals surface area contributed by atoms with Crippen LogP contribution in [-0.4, -0.2) is 18.7 Å². The minimum absolute atomic E-state index is 0.284. The summed E-state index contributed by atoms with van der Waals surface area (Å²) in [6, 6.07) is 0. The highest BCUT2D eigenvalue weighted by Crippen LogP contribution is 2.22. The van der Waals surface area contributed by atoms with Crippen LogP contribution in [0.2, 0.25) is 0 Å². The molecular formula is C22H32N2O2. The summed E-state index contributed by atoms with van der Waals surface area (Å²) in [6.07, 6.45) is 25.8. The van der Waals surface area contributed by atoms with Crippen LogP contribution in [0, 0.1) is 0 Å². The van der Waals surface area contributed by atoms with Crippen molar-refractivity contribution in [2.45, 2.75) is 63.9 Å². The summed E-state index contributed by atoms with van der Waals surface area (Å²) in [5.74, 6) is 0. The van der Waals surface area contributed by atoms with Gasteiger partial charge in [-0.1, -0.05) is 60.9 Å². The molecule has 0 spiro atoms. The zero-order chi connectivity index (χ0) is 18.5. The van der Waals surface area contributed by atoms with Gasteiger partial charge in [0.25, 0.3) is 0 Å². The van der Waals surface area contributed by atoms with E-state index in [0.29, 0.717) is 6.42 Å². The molecule has 2 aliphatic rings. The van der Waals surface area contributed by atoms with Crippen molar-refractivity contribution in [2.24, 2.45) is 5.73 Å². The molecule has 1 heterocycles. The maximum absolute atomic E-state index is 11.0. The first-order valence-electron chi connectivity index (χ1n) is 9.79. The van der Waals surface area contributed by atoms with Gasteiger partial charge in [-0.2, -0.15) is 0 Å². The van der Waals surface area contributed by atoms with Gasteiger partial charge in [0, 0.05) is 25.1 Å². The average Bonchev–Trinajstić information content (AvgIpc) is 2.62. The highest BCUT2D eigenvalue weighted by Gasteiger charge is 2.07. The Hall–Kier alpha value is -2.23.